The maximum atomic E-state index is 12.1. The summed E-state index contributed by atoms with van der Waals surface area (Å²) in [6, 6.07) is 11.6. The predicted octanol–water partition coefficient (Wildman–Crippen LogP) is 3.46. The Hall–Kier alpha value is -3.22. The Balaban J connectivity index is 2.08. The van der Waals surface area contributed by atoms with Crippen LogP contribution in [0.15, 0.2) is 47.6 Å². The van der Waals surface area contributed by atoms with Gasteiger partial charge in [-0.1, -0.05) is 0 Å². The van der Waals surface area contributed by atoms with Crippen LogP contribution in [0.5, 0.6) is 5.75 Å². The fraction of sp³-hybridized carbons (Fsp3) is 0.222. The highest BCUT2D eigenvalue weighted by molar-refractivity contribution is 6.01. The van der Waals surface area contributed by atoms with E-state index in [2.05, 4.69) is 10.5 Å². The van der Waals surface area contributed by atoms with Crippen LogP contribution in [-0.4, -0.2) is 23.1 Å². The molecule has 1 N–H and O–H groups in total. The summed E-state index contributed by atoms with van der Waals surface area (Å²) < 4.78 is 5.38. The number of carbonyl (C=O) groups is 1. The predicted molar refractivity (Wildman–Crippen MR) is 95.1 cm³/mol. The second kappa shape index (κ2) is 8.05. The molecule has 0 heterocycles. The molecule has 0 radical (unpaired) electrons. The van der Waals surface area contributed by atoms with Crippen molar-refractivity contribution in [1.82, 2.24) is 5.43 Å². The molecule has 25 heavy (non-hydrogen) atoms. The first-order chi connectivity index (χ1) is 11.9. The molecule has 2 aromatic carbocycles. The summed E-state index contributed by atoms with van der Waals surface area (Å²) in [5.41, 5.74) is 4.66. The third kappa shape index (κ3) is 4.63. The van der Waals surface area contributed by atoms with Crippen LogP contribution in [0.2, 0.25) is 0 Å². The van der Waals surface area contributed by atoms with Gasteiger partial charge in [-0.05, 0) is 62.7 Å². The number of aryl methyl sites for hydroxylation is 1. The van der Waals surface area contributed by atoms with Gasteiger partial charge in [-0.15, -0.1) is 0 Å². The van der Waals surface area contributed by atoms with Gasteiger partial charge >= 0.3 is 0 Å². The molecule has 0 aliphatic heterocycles. The maximum absolute atomic E-state index is 12.1. The van der Waals surface area contributed by atoms with Crippen molar-refractivity contribution in [3.8, 4) is 5.75 Å². The number of ether oxygens (including phenoxy) is 1. The Morgan fingerprint density at radius 3 is 2.40 bits per heavy atom. The molecule has 0 aliphatic carbocycles. The number of carbonyl (C=O) groups excluding carboxylic acids is 1. The van der Waals surface area contributed by atoms with Crippen molar-refractivity contribution < 1.29 is 14.5 Å². The molecule has 0 fully saturated rings. The highest BCUT2D eigenvalue weighted by Crippen LogP contribution is 2.18. The average molecular weight is 341 g/mol. The fourth-order valence-electron chi connectivity index (χ4n) is 2.22. The fourth-order valence-corrected chi connectivity index (χ4v) is 2.22. The van der Waals surface area contributed by atoms with Gasteiger partial charge in [-0.2, -0.15) is 5.10 Å². The van der Waals surface area contributed by atoms with Gasteiger partial charge in [0.25, 0.3) is 11.6 Å². The Bertz CT molecular complexity index is 814. The molecule has 130 valence electrons. The molecule has 0 unspecified atom stereocenters. The number of nitrogens with one attached hydrogen (secondary N) is 1. The molecule has 1 amide bonds. The van der Waals surface area contributed by atoms with Crippen LogP contribution in [-0.2, 0) is 0 Å². The molecule has 0 atom stereocenters. The molecule has 0 bridgehead atoms. The van der Waals surface area contributed by atoms with Crippen molar-refractivity contribution >= 4 is 17.3 Å². The highest BCUT2D eigenvalue weighted by atomic mass is 16.6. The normalized spacial score (nSPS) is 11.1. The number of hydrogen-bond acceptors (Lipinski definition) is 5. The van der Waals surface area contributed by atoms with Gasteiger partial charge in [-0.25, -0.2) is 5.43 Å². The number of rotatable bonds is 6. The van der Waals surface area contributed by atoms with E-state index in [1.54, 1.807) is 13.8 Å². The van der Waals surface area contributed by atoms with Crippen molar-refractivity contribution in [1.29, 1.82) is 0 Å². The lowest BCUT2D eigenvalue weighted by atomic mass is 10.1. The summed E-state index contributed by atoms with van der Waals surface area (Å²) in [5.74, 6) is 0.340. The first-order valence-electron chi connectivity index (χ1n) is 7.75. The average Bonchev–Trinajstić information content (AvgIpc) is 2.59. The number of nitro benzene ring substituents is 1. The van der Waals surface area contributed by atoms with Crippen LogP contribution in [0, 0.1) is 17.0 Å². The number of benzene rings is 2. The van der Waals surface area contributed by atoms with E-state index in [9.17, 15) is 14.9 Å². The van der Waals surface area contributed by atoms with Crippen LogP contribution in [0.4, 0.5) is 5.69 Å². The number of hydrazone groups is 1. The smallest absolute Gasteiger partial charge is 0.272 e. The summed E-state index contributed by atoms with van der Waals surface area (Å²) in [4.78, 5) is 22.5. The summed E-state index contributed by atoms with van der Waals surface area (Å²) in [7, 11) is 0. The van der Waals surface area contributed by atoms with E-state index in [1.165, 1.54) is 18.2 Å². The van der Waals surface area contributed by atoms with E-state index in [1.807, 2.05) is 31.2 Å². The highest BCUT2D eigenvalue weighted by Gasteiger charge is 2.13. The summed E-state index contributed by atoms with van der Waals surface area (Å²) in [5, 5.41) is 14.9. The van der Waals surface area contributed by atoms with E-state index >= 15 is 0 Å². The SMILES string of the molecule is CCOc1ccc(/C(C)=N/NC(=O)c2ccc([N+](=O)[O-])c(C)c2)cc1. The molecule has 0 spiro atoms. The van der Waals surface area contributed by atoms with Gasteiger partial charge < -0.3 is 4.74 Å². The first-order valence-corrected chi connectivity index (χ1v) is 7.75. The largest absolute Gasteiger partial charge is 0.494 e. The molecular formula is C18H19N3O4. The van der Waals surface area contributed by atoms with Gasteiger partial charge in [0.2, 0.25) is 0 Å². The van der Waals surface area contributed by atoms with Gasteiger partial charge in [0.05, 0.1) is 17.2 Å². The zero-order chi connectivity index (χ0) is 18.4. The van der Waals surface area contributed by atoms with E-state index in [-0.39, 0.29) is 5.69 Å². The van der Waals surface area contributed by atoms with Gasteiger partial charge in [0.15, 0.2) is 0 Å². The molecule has 7 nitrogen and oxygen atoms in total. The Morgan fingerprint density at radius 2 is 1.84 bits per heavy atom. The molecule has 2 aromatic rings. The standard InChI is InChI=1S/C18H19N3O4/c1-4-25-16-8-5-14(6-9-16)13(3)19-20-18(22)15-7-10-17(21(23)24)12(2)11-15/h5-11H,4H2,1-3H3,(H,20,22)/b19-13+. The molecule has 0 saturated heterocycles. The van der Waals surface area contributed by atoms with Crippen LogP contribution in [0.3, 0.4) is 0 Å². The third-order valence-electron chi connectivity index (χ3n) is 3.56. The van der Waals surface area contributed by atoms with E-state index < -0.39 is 10.8 Å². The zero-order valence-electron chi connectivity index (χ0n) is 14.3. The van der Waals surface area contributed by atoms with Crippen LogP contribution in [0.1, 0.15) is 35.3 Å². The molecular weight excluding hydrogens is 322 g/mol. The summed E-state index contributed by atoms with van der Waals surface area (Å²) in [6.45, 7) is 5.87. The lowest BCUT2D eigenvalue weighted by Gasteiger charge is -2.06. The second-order valence-electron chi connectivity index (χ2n) is 5.35. The molecule has 0 aromatic heterocycles. The molecule has 2 rings (SSSR count). The van der Waals surface area contributed by atoms with E-state index in [0.717, 1.165) is 11.3 Å². The Kier molecular flexibility index (Phi) is 5.84. The molecule has 0 aliphatic rings. The lowest BCUT2D eigenvalue weighted by Crippen LogP contribution is -2.19. The van der Waals surface area contributed by atoms with Crippen molar-refractivity contribution in [2.24, 2.45) is 5.10 Å². The minimum absolute atomic E-state index is 0.0226. The van der Waals surface area contributed by atoms with Crippen LogP contribution in [0.25, 0.3) is 0 Å². The zero-order valence-corrected chi connectivity index (χ0v) is 14.3. The maximum Gasteiger partial charge on any atom is 0.272 e. The van der Waals surface area contributed by atoms with E-state index in [4.69, 9.17) is 4.74 Å². The van der Waals surface area contributed by atoms with Crippen molar-refractivity contribution in [2.45, 2.75) is 20.8 Å². The van der Waals surface area contributed by atoms with Crippen molar-refractivity contribution in [3.63, 3.8) is 0 Å². The molecule has 7 heteroatoms. The van der Waals surface area contributed by atoms with Crippen molar-refractivity contribution in [3.05, 3.63) is 69.3 Å². The van der Waals surface area contributed by atoms with Crippen LogP contribution < -0.4 is 10.2 Å². The second-order valence-corrected chi connectivity index (χ2v) is 5.35. The van der Waals surface area contributed by atoms with E-state index in [0.29, 0.717) is 23.4 Å². The number of amides is 1. The third-order valence-corrected chi connectivity index (χ3v) is 3.56. The first kappa shape index (κ1) is 18.1. The summed E-state index contributed by atoms with van der Waals surface area (Å²) >= 11 is 0. The number of hydrogen-bond donors (Lipinski definition) is 1. The molecule has 0 saturated carbocycles. The topological polar surface area (TPSA) is 93.8 Å². The van der Waals surface area contributed by atoms with Crippen LogP contribution >= 0.6 is 0 Å². The van der Waals surface area contributed by atoms with Gasteiger partial charge in [0, 0.05) is 17.2 Å². The monoisotopic (exact) mass is 341 g/mol. The Labute approximate surface area is 145 Å². The Morgan fingerprint density at radius 1 is 1.20 bits per heavy atom. The minimum Gasteiger partial charge on any atom is -0.494 e. The minimum atomic E-state index is -0.481. The van der Waals surface area contributed by atoms with Gasteiger partial charge in [0.1, 0.15) is 5.75 Å². The number of nitrogens with zero attached hydrogens (tertiary/aromatic N) is 2. The van der Waals surface area contributed by atoms with Crippen molar-refractivity contribution in [2.75, 3.05) is 6.61 Å². The van der Waals surface area contributed by atoms with Gasteiger partial charge in [-0.3, -0.25) is 14.9 Å². The lowest BCUT2D eigenvalue weighted by molar-refractivity contribution is -0.385. The quantitative estimate of drug-likeness (QED) is 0.494. The number of nitro groups is 1. The summed E-state index contributed by atoms with van der Waals surface area (Å²) in [6.07, 6.45) is 0.